The number of aliphatic imine (C=N–C) groups is 1. The van der Waals surface area contributed by atoms with Crippen molar-refractivity contribution in [3.8, 4) is 11.1 Å². The largest absolute Gasteiger partial charge is 0.388 e. The zero-order valence-corrected chi connectivity index (χ0v) is 23.7. The summed E-state index contributed by atoms with van der Waals surface area (Å²) in [6.45, 7) is 6.52. The fourth-order valence-corrected chi connectivity index (χ4v) is 3.94. The minimum atomic E-state index is -0.166. The number of carbonyl (C=O) groups excluding carboxylic acids is 1. The molecule has 0 bridgehead atoms. The van der Waals surface area contributed by atoms with Crippen LogP contribution in [-0.2, 0) is 0 Å². The number of amidine groups is 1. The number of rotatable bonds is 11. The number of likely N-dealkylation sites (N-methyl/N-ethyl adjacent to an activating group) is 2. The van der Waals surface area contributed by atoms with Crippen molar-refractivity contribution in [2.75, 3.05) is 38.4 Å². The van der Waals surface area contributed by atoms with Gasteiger partial charge in [-0.3, -0.25) is 4.79 Å². The zero-order valence-electron chi connectivity index (χ0n) is 23.0. The average molecular weight is 542 g/mol. The number of hydrogen-bond acceptors (Lipinski definition) is 4. The summed E-state index contributed by atoms with van der Waals surface area (Å²) in [4.78, 5) is 19.5. The quantitative estimate of drug-likeness (QED) is 0.104. The van der Waals surface area contributed by atoms with Crippen LogP contribution in [0.2, 0.25) is 5.02 Å². The molecule has 0 aliphatic rings. The molecular weight excluding hydrogens is 506 g/mol. The molecule has 0 aliphatic heterocycles. The third-order valence-corrected chi connectivity index (χ3v) is 6.22. The van der Waals surface area contributed by atoms with Crippen LogP contribution in [0.25, 0.3) is 11.1 Å². The lowest BCUT2D eigenvalue weighted by atomic mass is 10.0. The molecule has 3 rings (SSSR count). The van der Waals surface area contributed by atoms with E-state index in [-0.39, 0.29) is 5.91 Å². The Labute approximate surface area is 236 Å². The molecule has 0 atom stereocenters. The van der Waals surface area contributed by atoms with E-state index in [9.17, 15) is 4.79 Å². The molecule has 202 valence electrons. The van der Waals surface area contributed by atoms with Gasteiger partial charge < -0.3 is 20.9 Å². The molecule has 0 aromatic heterocycles. The fourth-order valence-electron chi connectivity index (χ4n) is 3.81. The maximum Gasteiger partial charge on any atom is 0.255 e. The van der Waals surface area contributed by atoms with Gasteiger partial charge in [0.2, 0.25) is 0 Å². The van der Waals surface area contributed by atoms with Gasteiger partial charge in [0.05, 0.1) is 0 Å². The Bertz CT molecular complexity index is 1340. The van der Waals surface area contributed by atoms with Crippen LogP contribution in [0.4, 0.5) is 11.4 Å². The lowest BCUT2D eigenvalue weighted by Crippen LogP contribution is -2.28. The minimum Gasteiger partial charge on any atom is -0.388 e. The number of amides is 1. The second-order valence-electron chi connectivity index (χ2n) is 8.98. The van der Waals surface area contributed by atoms with Crippen LogP contribution in [0.3, 0.4) is 0 Å². The summed E-state index contributed by atoms with van der Waals surface area (Å²) >= 11 is 5.97. The van der Waals surface area contributed by atoms with E-state index in [2.05, 4.69) is 34.7 Å². The highest BCUT2D eigenvalue weighted by molar-refractivity contribution is 6.30. The normalized spacial score (nSPS) is 11.8. The summed E-state index contributed by atoms with van der Waals surface area (Å²) in [5, 5.41) is 10.1. The monoisotopic (exact) mass is 541 g/mol. The third kappa shape index (κ3) is 8.62. The first-order valence-corrected chi connectivity index (χ1v) is 13.1. The standard InChI is InChI=1S/C32H36ClN5O/c1-6-7-8-9-30(23(2)34-3)31(38(4)5)36-22-35-28-18-20-29(21-19-28)37-32(39)26-12-10-24(11-13-26)25-14-16-27(33)17-15-25/h6-7,9-21,34-35H,2,8,22H2,1,3-5H3,(H,37,39)/b7-6-,30-9+,36-31+. The highest BCUT2D eigenvalue weighted by Crippen LogP contribution is 2.22. The summed E-state index contributed by atoms with van der Waals surface area (Å²) < 4.78 is 0. The van der Waals surface area contributed by atoms with E-state index in [0.29, 0.717) is 22.9 Å². The molecule has 3 aromatic rings. The first kappa shape index (κ1) is 29.3. The van der Waals surface area contributed by atoms with Crippen LogP contribution >= 0.6 is 11.6 Å². The van der Waals surface area contributed by atoms with Crippen molar-refractivity contribution in [2.24, 2.45) is 4.99 Å². The second-order valence-corrected chi connectivity index (χ2v) is 9.41. The molecule has 0 radical (unpaired) electrons. The van der Waals surface area contributed by atoms with Crippen molar-refractivity contribution in [1.29, 1.82) is 0 Å². The second kappa shape index (κ2) is 14.6. The average Bonchev–Trinajstić information content (AvgIpc) is 2.95. The number of benzene rings is 3. The Morgan fingerprint density at radius 3 is 2.10 bits per heavy atom. The molecule has 0 unspecified atom stereocenters. The molecule has 0 aliphatic carbocycles. The molecule has 39 heavy (non-hydrogen) atoms. The van der Waals surface area contributed by atoms with Crippen LogP contribution in [0.15, 0.2) is 114 Å². The van der Waals surface area contributed by atoms with Gasteiger partial charge in [-0.1, -0.05) is 60.7 Å². The SMILES string of the molecule is C=C(NC)C(=C\C/C=C\C)/C(=N\CNc1ccc(NC(=O)c2ccc(-c3ccc(Cl)cc3)cc2)cc1)N(C)C. The van der Waals surface area contributed by atoms with E-state index in [4.69, 9.17) is 16.6 Å². The van der Waals surface area contributed by atoms with E-state index in [0.717, 1.165) is 40.3 Å². The van der Waals surface area contributed by atoms with Gasteiger partial charge in [-0.25, -0.2) is 4.99 Å². The van der Waals surface area contributed by atoms with Crippen LogP contribution < -0.4 is 16.0 Å². The molecule has 1 amide bonds. The lowest BCUT2D eigenvalue weighted by molar-refractivity contribution is 0.102. The molecule has 0 fully saturated rings. The van der Waals surface area contributed by atoms with E-state index < -0.39 is 0 Å². The topological polar surface area (TPSA) is 68.8 Å². The molecule has 7 heteroatoms. The number of nitrogens with one attached hydrogen (secondary N) is 3. The number of hydrogen-bond donors (Lipinski definition) is 3. The number of allylic oxidation sites excluding steroid dienone is 3. The minimum absolute atomic E-state index is 0.166. The summed E-state index contributed by atoms with van der Waals surface area (Å²) in [5.41, 5.74) is 6.03. The van der Waals surface area contributed by atoms with E-state index in [1.165, 1.54) is 0 Å². The summed E-state index contributed by atoms with van der Waals surface area (Å²) in [6.07, 6.45) is 7.02. The molecular formula is C32H36ClN5O. The van der Waals surface area contributed by atoms with Gasteiger partial charge in [-0.2, -0.15) is 0 Å². The Balaban J connectivity index is 1.61. The summed E-state index contributed by atoms with van der Waals surface area (Å²) in [5.74, 6) is 0.665. The maximum absolute atomic E-state index is 12.8. The predicted molar refractivity (Wildman–Crippen MR) is 167 cm³/mol. The Hall–Kier alpha value is -4.29. The molecule has 0 heterocycles. The van der Waals surface area contributed by atoms with Gasteiger partial charge in [0, 0.05) is 54.4 Å². The number of nitrogens with zero attached hydrogens (tertiary/aromatic N) is 2. The van der Waals surface area contributed by atoms with Gasteiger partial charge in [0.15, 0.2) is 0 Å². The van der Waals surface area contributed by atoms with Crippen molar-refractivity contribution in [3.63, 3.8) is 0 Å². The Morgan fingerprint density at radius 2 is 1.54 bits per heavy atom. The zero-order chi connectivity index (χ0) is 28.2. The van der Waals surface area contributed by atoms with E-state index in [1.54, 1.807) is 0 Å². The fraction of sp³-hybridized carbons (Fsp3) is 0.188. The highest BCUT2D eigenvalue weighted by atomic mass is 35.5. The third-order valence-electron chi connectivity index (χ3n) is 5.96. The van der Waals surface area contributed by atoms with Gasteiger partial charge in [0.1, 0.15) is 12.5 Å². The van der Waals surface area contributed by atoms with Crippen LogP contribution in [0, 0.1) is 0 Å². The van der Waals surface area contributed by atoms with Crippen LogP contribution in [0.1, 0.15) is 23.7 Å². The smallest absolute Gasteiger partial charge is 0.255 e. The first-order chi connectivity index (χ1) is 18.8. The van der Waals surface area contributed by atoms with Crippen LogP contribution in [-0.4, -0.2) is 44.5 Å². The number of carbonyl (C=O) groups is 1. The molecule has 0 spiro atoms. The lowest BCUT2D eigenvalue weighted by Gasteiger charge is -2.21. The van der Waals surface area contributed by atoms with Crippen molar-refractivity contribution in [2.45, 2.75) is 13.3 Å². The predicted octanol–water partition coefficient (Wildman–Crippen LogP) is 7.21. The van der Waals surface area contributed by atoms with Gasteiger partial charge in [0.25, 0.3) is 5.91 Å². The van der Waals surface area contributed by atoms with E-state index >= 15 is 0 Å². The summed E-state index contributed by atoms with van der Waals surface area (Å²) in [6, 6.07) is 22.7. The van der Waals surface area contributed by atoms with Gasteiger partial charge in [-0.05, 0) is 73.0 Å². The Morgan fingerprint density at radius 1 is 0.949 bits per heavy atom. The van der Waals surface area contributed by atoms with Gasteiger partial charge >= 0.3 is 0 Å². The van der Waals surface area contributed by atoms with E-state index in [1.807, 2.05) is 112 Å². The first-order valence-electron chi connectivity index (χ1n) is 12.7. The van der Waals surface area contributed by atoms with Crippen molar-refractivity contribution in [1.82, 2.24) is 10.2 Å². The molecule has 0 saturated carbocycles. The van der Waals surface area contributed by atoms with Crippen LogP contribution in [0.5, 0.6) is 0 Å². The van der Waals surface area contributed by atoms with Crippen molar-refractivity contribution in [3.05, 3.63) is 119 Å². The molecule has 3 N–H and O–H groups in total. The highest BCUT2D eigenvalue weighted by Gasteiger charge is 2.12. The maximum atomic E-state index is 12.8. The number of anilines is 2. The van der Waals surface area contributed by atoms with Gasteiger partial charge in [-0.15, -0.1) is 0 Å². The Kier molecular flexibility index (Phi) is 11.0. The molecule has 6 nitrogen and oxygen atoms in total. The molecule has 3 aromatic carbocycles. The summed E-state index contributed by atoms with van der Waals surface area (Å²) in [7, 11) is 5.79. The van der Waals surface area contributed by atoms with Crippen molar-refractivity contribution < 1.29 is 4.79 Å². The van der Waals surface area contributed by atoms with Crippen molar-refractivity contribution >= 4 is 34.7 Å². The molecule has 0 saturated heterocycles. The number of halogens is 1.